The van der Waals surface area contributed by atoms with E-state index in [4.69, 9.17) is 9.47 Å². The van der Waals surface area contributed by atoms with Crippen molar-refractivity contribution in [3.8, 4) is 23.3 Å². The maximum absolute atomic E-state index is 12.1. The molecule has 7 nitrogen and oxygen atoms in total. The number of aromatic hydroxyl groups is 1. The van der Waals surface area contributed by atoms with Gasteiger partial charge < -0.3 is 19.9 Å². The minimum atomic E-state index is -0.174. The van der Waals surface area contributed by atoms with E-state index in [0.29, 0.717) is 23.6 Å². The number of phenols is 1. The lowest BCUT2D eigenvalue weighted by molar-refractivity contribution is -0.116. The van der Waals surface area contributed by atoms with E-state index >= 15 is 0 Å². The third-order valence-corrected chi connectivity index (χ3v) is 4.42. The molecule has 0 saturated heterocycles. The number of nitrogens with one attached hydrogen (secondary N) is 1. The summed E-state index contributed by atoms with van der Waals surface area (Å²) in [4.78, 5) is 20.2. The topological polar surface area (TPSA) is 93.6 Å². The fourth-order valence-electron chi connectivity index (χ4n) is 3.15. The first-order valence-corrected chi connectivity index (χ1v) is 8.39. The summed E-state index contributed by atoms with van der Waals surface area (Å²) in [5.41, 5.74) is 2.42. The second-order valence-electron chi connectivity index (χ2n) is 6.12. The molecule has 7 heteroatoms. The van der Waals surface area contributed by atoms with Crippen LogP contribution >= 0.6 is 0 Å². The highest BCUT2D eigenvalue weighted by molar-refractivity contribution is 5.96. The molecule has 0 saturated carbocycles. The van der Waals surface area contributed by atoms with Crippen molar-refractivity contribution in [2.24, 2.45) is 0 Å². The summed E-state index contributed by atoms with van der Waals surface area (Å²) >= 11 is 0. The van der Waals surface area contributed by atoms with Crippen LogP contribution in [0.4, 0.5) is 5.69 Å². The molecule has 3 aromatic rings. The molecule has 0 unspecified atom stereocenters. The number of rotatable bonds is 4. The van der Waals surface area contributed by atoms with Crippen LogP contribution in [0.3, 0.4) is 0 Å². The summed E-state index contributed by atoms with van der Waals surface area (Å²) in [6, 6.07) is 12.7. The van der Waals surface area contributed by atoms with Gasteiger partial charge in [-0.25, -0.2) is 9.97 Å². The minimum absolute atomic E-state index is 0.0404. The van der Waals surface area contributed by atoms with Gasteiger partial charge in [0.05, 0.1) is 7.11 Å². The summed E-state index contributed by atoms with van der Waals surface area (Å²) < 4.78 is 10.7. The quantitative estimate of drug-likeness (QED) is 0.690. The molecule has 136 valence electrons. The van der Waals surface area contributed by atoms with E-state index < -0.39 is 0 Å². The Balaban J connectivity index is 1.64. The Bertz CT molecular complexity index is 975. The number of hydrogen-bond acceptors (Lipinski definition) is 6. The molecule has 2 N–H and O–H groups in total. The number of carbonyl (C=O) groups is 1. The Labute approximate surface area is 155 Å². The van der Waals surface area contributed by atoms with Gasteiger partial charge >= 0.3 is 6.01 Å². The van der Waals surface area contributed by atoms with Crippen LogP contribution in [0.5, 0.6) is 23.3 Å². The van der Waals surface area contributed by atoms with Gasteiger partial charge in [-0.05, 0) is 35.4 Å². The number of methoxy groups -OCH3 is 1. The predicted molar refractivity (Wildman–Crippen MR) is 98.3 cm³/mol. The lowest BCUT2D eigenvalue weighted by Gasteiger charge is -2.27. The molecule has 0 aliphatic carbocycles. The number of aromatic nitrogens is 2. The highest BCUT2D eigenvalue weighted by Crippen LogP contribution is 2.42. The Kier molecular flexibility index (Phi) is 4.33. The van der Waals surface area contributed by atoms with Gasteiger partial charge in [0, 0.05) is 36.5 Å². The van der Waals surface area contributed by atoms with Crippen LogP contribution in [0, 0.1) is 0 Å². The monoisotopic (exact) mass is 363 g/mol. The van der Waals surface area contributed by atoms with E-state index in [2.05, 4.69) is 15.3 Å². The Hall–Kier alpha value is -3.61. The van der Waals surface area contributed by atoms with Crippen LogP contribution in [0.15, 0.2) is 54.9 Å². The van der Waals surface area contributed by atoms with Gasteiger partial charge in [0.1, 0.15) is 5.75 Å². The van der Waals surface area contributed by atoms with E-state index in [0.717, 1.165) is 11.1 Å². The summed E-state index contributed by atoms with van der Waals surface area (Å²) in [6.07, 6.45) is 3.50. The van der Waals surface area contributed by atoms with Crippen LogP contribution in [-0.2, 0) is 4.79 Å². The average molecular weight is 363 g/mol. The number of nitrogens with zero attached hydrogens (tertiary/aromatic N) is 2. The number of amides is 1. The standard InChI is InChI=1S/C20H17N3O4/c1-26-18-11-16-15(9-17(18)24)14(10-19(25)23-16)12-3-5-13(6-4-12)27-20-21-7-2-8-22-20/h2-9,11,14,24H,10H2,1H3,(H,23,25)/t14-/m0/s1. The minimum Gasteiger partial charge on any atom is -0.504 e. The highest BCUT2D eigenvalue weighted by Gasteiger charge is 2.28. The molecule has 2 aromatic carbocycles. The van der Waals surface area contributed by atoms with Crippen molar-refractivity contribution >= 4 is 11.6 Å². The molecule has 1 amide bonds. The van der Waals surface area contributed by atoms with E-state index in [9.17, 15) is 9.90 Å². The summed E-state index contributed by atoms with van der Waals surface area (Å²) in [6.45, 7) is 0. The summed E-state index contributed by atoms with van der Waals surface area (Å²) in [7, 11) is 1.47. The smallest absolute Gasteiger partial charge is 0.321 e. The number of anilines is 1. The van der Waals surface area contributed by atoms with E-state index in [1.54, 1.807) is 42.7 Å². The predicted octanol–water partition coefficient (Wildman–Crippen LogP) is 3.46. The molecule has 0 bridgehead atoms. The Morgan fingerprint density at radius 1 is 1.15 bits per heavy atom. The van der Waals surface area contributed by atoms with Crippen molar-refractivity contribution in [2.45, 2.75) is 12.3 Å². The van der Waals surface area contributed by atoms with Gasteiger partial charge in [-0.15, -0.1) is 0 Å². The molecular formula is C20H17N3O4. The van der Waals surface area contributed by atoms with E-state index in [-0.39, 0.29) is 23.6 Å². The molecule has 1 atom stereocenters. The fraction of sp³-hybridized carbons (Fsp3) is 0.150. The first kappa shape index (κ1) is 16.8. The van der Waals surface area contributed by atoms with E-state index in [1.165, 1.54) is 7.11 Å². The van der Waals surface area contributed by atoms with Crippen molar-refractivity contribution < 1.29 is 19.4 Å². The molecule has 1 aromatic heterocycles. The summed E-state index contributed by atoms with van der Waals surface area (Å²) in [5.74, 6) is 0.703. The number of phenolic OH excluding ortho intramolecular Hbond substituents is 1. The van der Waals surface area contributed by atoms with Crippen LogP contribution in [0.25, 0.3) is 0 Å². The van der Waals surface area contributed by atoms with Crippen molar-refractivity contribution in [3.05, 3.63) is 66.0 Å². The third kappa shape index (κ3) is 3.39. The number of hydrogen-bond donors (Lipinski definition) is 2. The van der Waals surface area contributed by atoms with Gasteiger partial charge in [-0.3, -0.25) is 4.79 Å². The van der Waals surface area contributed by atoms with Gasteiger partial charge in [0.2, 0.25) is 5.91 Å². The first-order chi connectivity index (χ1) is 13.1. The zero-order valence-electron chi connectivity index (χ0n) is 14.5. The Morgan fingerprint density at radius 3 is 2.59 bits per heavy atom. The van der Waals surface area contributed by atoms with Crippen LogP contribution in [0.2, 0.25) is 0 Å². The van der Waals surface area contributed by atoms with Crippen LogP contribution in [-0.4, -0.2) is 28.1 Å². The van der Waals surface area contributed by atoms with Crippen molar-refractivity contribution in [1.29, 1.82) is 0 Å². The third-order valence-electron chi connectivity index (χ3n) is 4.42. The first-order valence-electron chi connectivity index (χ1n) is 8.39. The zero-order chi connectivity index (χ0) is 18.8. The molecule has 0 spiro atoms. The SMILES string of the molecule is COc1cc2c(cc1O)[C@H](c1ccc(Oc3ncccn3)cc1)CC(=O)N2. The average Bonchev–Trinajstić information content (AvgIpc) is 2.69. The number of ether oxygens (including phenoxy) is 2. The van der Waals surface area contributed by atoms with E-state index in [1.807, 2.05) is 12.1 Å². The lowest BCUT2D eigenvalue weighted by Crippen LogP contribution is -2.23. The van der Waals surface area contributed by atoms with Crippen molar-refractivity contribution in [1.82, 2.24) is 9.97 Å². The molecule has 27 heavy (non-hydrogen) atoms. The number of fused-ring (bicyclic) bond motifs is 1. The molecule has 0 fully saturated rings. The Morgan fingerprint density at radius 2 is 1.89 bits per heavy atom. The highest BCUT2D eigenvalue weighted by atomic mass is 16.5. The van der Waals surface area contributed by atoms with Gasteiger partial charge in [0.25, 0.3) is 0 Å². The normalized spacial score (nSPS) is 15.6. The largest absolute Gasteiger partial charge is 0.504 e. The fourth-order valence-corrected chi connectivity index (χ4v) is 3.15. The van der Waals surface area contributed by atoms with Crippen molar-refractivity contribution in [2.75, 3.05) is 12.4 Å². The molecular weight excluding hydrogens is 346 g/mol. The van der Waals surface area contributed by atoms with Crippen LogP contribution in [0.1, 0.15) is 23.5 Å². The molecule has 1 aliphatic heterocycles. The summed E-state index contributed by atoms with van der Waals surface area (Å²) in [5, 5.41) is 13.0. The van der Waals surface area contributed by atoms with Crippen LogP contribution < -0.4 is 14.8 Å². The number of benzene rings is 2. The lowest BCUT2D eigenvalue weighted by atomic mass is 9.84. The van der Waals surface area contributed by atoms with Crippen molar-refractivity contribution in [3.63, 3.8) is 0 Å². The maximum Gasteiger partial charge on any atom is 0.321 e. The van der Waals surface area contributed by atoms with Gasteiger partial charge in [0.15, 0.2) is 11.5 Å². The molecule has 1 aliphatic rings. The van der Waals surface area contributed by atoms with Gasteiger partial charge in [-0.2, -0.15) is 0 Å². The second kappa shape index (κ2) is 6.95. The molecule has 2 heterocycles. The van der Waals surface area contributed by atoms with Gasteiger partial charge in [-0.1, -0.05) is 12.1 Å². The maximum atomic E-state index is 12.1. The zero-order valence-corrected chi connectivity index (χ0v) is 14.5. The second-order valence-corrected chi connectivity index (χ2v) is 6.12. The number of carbonyl (C=O) groups excluding carboxylic acids is 1. The molecule has 4 rings (SSSR count). The molecule has 0 radical (unpaired) electrons.